The van der Waals surface area contributed by atoms with E-state index in [1.807, 2.05) is 38.1 Å². The number of halogens is 1. The zero-order valence-corrected chi connectivity index (χ0v) is 16.2. The van der Waals surface area contributed by atoms with Gasteiger partial charge < -0.3 is 16.0 Å². The third kappa shape index (κ3) is 5.41. The molecule has 1 aromatic heterocycles. The first-order valence-electron chi connectivity index (χ1n) is 9.11. The van der Waals surface area contributed by atoms with Gasteiger partial charge in [-0.1, -0.05) is 24.3 Å². The maximum absolute atomic E-state index is 12.9. The molecule has 3 amide bonds. The molecular weight excluding hydrogens is 373 g/mol. The lowest BCUT2D eigenvalue weighted by Gasteiger charge is -2.13. The summed E-state index contributed by atoms with van der Waals surface area (Å²) in [5.74, 6) is -0.702. The van der Waals surface area contributed by atoms with E-state index in [1.165, 1.54) is 12.1 Å². The Morgan fingerprint density at radius 2 is 1.76 bits per heavy atom. The van der Waals surface area contributed by atoms with Crippen molar-refractivity contribution in [2.45, 2.75) is 20.4 Å². The number of amides is 3. The number of rotatable bonds is 6. The van der Waals surface area contributed by atoms with Crippen molar-refractivity contribution < 1.29 is 14.0 Å². The van der Waals surface area contributed by atoms with Crippen LogP contribution in [0.15, 0.2) is 54.6 Å². The lowest BCUT2D eigenvalue weighted by molar-refractivity contribution is -0.115. The molecule has 0 saturated heterocycles. The summed E-state index contributed by atoms with van der Waals surface area (Å²) in [6.07, 6.45) is 0. The van der Waals surface area contributed by atoms with Crippen molar-refractivity contribution in [3.05, 3.63) is 77.4 Å². The van der Waals surface area contributed by atoms with Gasteiger partial charge in [-0.25, -0.2) is 13.9 Å². The van der Waals surface area contributed by atoms with Crippen molar-refractivity contribution in [1.29, 1.82) is 0 Å². The summed E-state index contributed by atoms with van der Waals surface area (Å²) < 4.78 is 14.6. The normalized spacial score (nSPS) is 10.4. The Hall–Kier alpha value is -3.68. The number of para-hydroxylation sites is 2. The van der Waals surface area contributed by atoms with E-state index in [1.54, 1.807) is 22.9 Å². The highest BCUT2D eigenvalue weighted by Crippen LogP contribution is 2.21. The minimum Gasteiger partial charge on any atom is -0.334 e. The fourth-order valence-corrected chi connectivity index (χ4v) is 2.84. The average molecular weight is 395 g/mol. The number of carbonyl (C=O) groups excluding carboxylic acids is 2. The lowest BCUT2D eigenvalue weighted by atomic mass is 10.2. The highest BCUT2D eigenvalue weighted by Gasteiger charge is 2.12. The predicted octanol–water partition coefficient (Wildman–Crippen LogP) is 3.07. The highest BCUT2D eigenvalue weighted by atomic mass is 19.1. The summed E-state index contributed by atoms with van der Waals surface area (Å²) in [5, 5.41) is 12.4. The fourth-order valence-electron chi connectivity index (χ4n) is 2.84. The maximum atomic E-state index is 12.9. The van der Waals surface area contributed by atoms with Crippen molar-refractivity contribution in [2.75, 3.05) is 11.9 Å². The van der Waals surface area contributed by atoms with Crippen LogP contribution < -0.4 is 16.0 Å². The second kappa shape index (κ2) is 9.01. The van der Waals surface area contributed by atoms with E-state index in [-0.39, 0.29) is 24.8 Å². The van der Waals surface area contributed by atoms with Gasteiger partial charge >= 0.3 is 6.03 Å². The first-order chi connectivity index (χ1) is 13.9. The second-order valence-electron chi connectivity index (χ2n) is 6.57. The van der Waals surface area contributed by atoms with Gasteiger partial charge in [-0.15, -0.1) is 0 Å². The number of urea groups is 1. The van der Waals surface area contributed by atoms with Gasteiger partial charge in [0.2, 0.25) is 5.91 Å². The van der Waals surface area contributed by atoms with E-state index in [0.29, 0.717) is 5.69 Å². The van der Waals surface area contributed by atoms with Crippen LogP contribution in [0.25, 0.3) is 5.69 Å². The molecule has 0 aliphatic heterocycles. The topological polar surface area (TPSA) is 88.0 Å². The van der Waals surface area contributed by atoms with Gasteiger partial charge in [-0.05, 0) is 49.7 Å². The molecular formula is C21H22FN5O2. The SMILES string of the molecule is Cc1cc(C)n(-c2ccccc2NC(=O)CNC(=O)NCc2ccc(F)cc2)n1. The smallest absolute Gasteiger partial charge is 0.315 e. The molecule has 7 nitrogen and oxygen atoms in total. The molecule has 8 heteroatoms. The molecule has 3 N–H and O–H groups in total. The van der Waals surface area contributed by atoms with Crippen LogP contribution in [-0.2, 0) is 11.3 Å². The number of anilines is 1. The van der Waals surface area contributed by atoms with Gasteiger partial charge in [0.1, 0.15) is 5.82 Å². The summed E-state index contributed by atoms with van der Waals surface area (Å²) >= 11 is 0. The fraction of sp³-hybridized carbons (Fsp3) is 0.190. The van der Waals surface area contributed by atoms with Gasteiger partial charge in [0.05, 0.1) is 23.6 Å². The van der Waals surface area contributed by atoms with Gasteiger partial charge in [-0.3, -0.25) is 4.79 Å². The number of benzene rings is 2. The number of carbonyl (C=O) groups is 2. The second-order valence-corrected chi connectivity index (χ2v) is 6.57. The van der Waals surface area contributed by atoms with Crippen LogP contribution in [0.2, 0.25) is 0 Å². The number of aryl methyl sites for hydroxylation is 2. The number of hydrogen-bond acceptors (Lipinski definition) is 3. The molecule has 29 heavy (non-hydrogen) atoms. The van der Waals surface area contributed by atoms with E-state index < -0.39 is 6.03 Å². The molecule has 0 aliphatic rings. The van der Waals surface area contributed by atoms with Crippen LogP contribution in [0.5, 0.6) is 0 Å². The molecule has 0 atom stereocenters. The largest absolute Gasteiger partial charge is 0.334 e. The molecule has 1 heterocycles. The van der Waals surface area contributed by atoms with Gasteiger partial charge in [0.25, 0.3) is 0 Å². The Kier molecular flexibility index (Phi) is 6.23. The Morgan fingerprint density at radius 3 is 2.45 bits per heavy atom. The summed E-state index contributed by atoms with van der Waals surface area (Å²) in [4.78, 5) is 24.2. The van der Waals surface area contributed by atoms with Gasteiger partial charge in [-0.2, -0.15) is 5.10 Å². The van der Waals surface area contributed by atoms with Gasteiger partial charge in [0, 0.05) is 12.2 Å². The third-order valence-corrected chi connectivity index (χ3v) is 4.19. The molecule has 0 spiro atoms. The van der Waals surface area contributed by atoms with E-state index in [4.69, 9.17) is 0 Å². The van der Waals surface area contributed by atoms with Crippen LogP contribution in [0.1, 0.15) is 17.0 Å². The molecule has 0 saturated carbocycles. The molecule has 0 bridgehead atoms. The first-order valence-corrected chi connectivity index (χ1v) is 9.11. The Balaban J connectivity index is 1.54. The summed E-state index contributed by atoms with van der Waals surface area (Å²) in [7, 11) is 0. The molecule has 3 aromatic rings. The summed E-state index contributed by atoms with van der Waals surface area (Å²) in [5.41, 5.74) is 3.92. The van der Waals surface area contributed by atoms with Crippen LogP contribution >= 0.6 is 0 Å². The summed E-state index contributed by atoms with van der Waals surface area (Å²) in [6.45, 7) is 3.87. The minimum absolute atomic E-state index is 0.194. The zero-order valence-electron chi connectivity index (χ0n) is 16.2. The zero-order chi connectivity index (χ0) is 20.8. The molecule has 0 radical (unpaired) electrons. The van der Waals surface area contributed by atoms with E-state index >= 15 is 0 Å². The van der Waals surface area contributed by atoms with Crippen LogP contribution in [0.4, 0.5) is 14.9 Å². The van der Waals surface area contributed by atoms with Crippen molar-refractivity contribution in [3.63, 3.8) is 0 Å². The Labute approximate surface area is 167 Å². The van der Waals surface area contributed by atoms with Gasteiger partial charge in [0.15, 0.2) is 0 Å². The first kappa shape index (κ1) is 20.1. The third-order valence-electron chi connectivity index (χ3n) is 4.19. The number of hydrogen-bond donors (Lipinski definition) is 3. The van der Waals surface area contributed by atoms with Crippen molar-refractivity contribution >= 4 is 17.6 Å². The number of nitrogens with zero attached hydrogens (tertiary/aromatic N) is 2. The molecule has 2 aromatic carbocycles. The van der Waals surface area contributed by atoms with E-state index in [9.17, 15) is 14.0 Å². The van der Waals surface area contributed by atoms with Crippen molar-refractivity contribution in [2.24, 2.45) is 0 Å². The Morgan fingerprint density at radius 1 is 1.03 bits per heavy atom. The predicted molar refractivity (Wildman–Crippen MR) is 108 cm³/mol. The minimum atomic E-state index is -0.490. The monoisotopic (exact) mass is 395 g/mol. The quantitative estimate of drug-likeness (QED) is 0.599. The van der Waals surface area contributed by atoms with Crippen LogP contribution in [-0.4, -0.2) is 28.3 Å². The maximum Gasteiger partial charge on any atom is 0.315 e. The van der Waals surface area contributed by atoms with E-state index in [0.717, 1.165) is 22.6 Å². The van der Waals surface area contributed by atoms with Crippen LogP contribution in [0.3, 0.4) is 0 Å². The molecule has 0 aliphatic carbocycles. The van der Waals surface area contributed by atoms with E-state index in [2.05, 4.69) is 21.0 Å². The molecule has 0 fully saturated rings. The molecule has 3 rings (SSSR count). The number of nitrogens with one attached hydrogen (secondary N) is 3. The Bertz CT molecular complexity index is 1010. The summed E-state index contributed by atoms with van der Waals surface area (Å²) in [6, 6.07) is 14.6. The molecule has 150 valence electrons. The molecule has 0 unspecified atom stereocenters. The van der Waals surface area contributed by atoms with Crippen molar-refractivity contribution in [3.8, 4) is 5.69 Å². The average Bonchev–Trinajstić information content (AvgIpc) is 3.04. The lowest BCUT2D eigenvalue weighted by Crippen LogP contribution is -2.39. The number of aromatic nitrogens is 2. The van der Waals surface area contributed by atoms with Crippen molar-refractivity contribution in [1.82, 2.24) is 20.4 Å². The van der Waals surface area contributed by atoms with Crippen LogP contribution in [0, 0.1) is 19.7 Å². The standard InChI is InChI=1S/C21H22FN5O2/c1-14-11-15(2)27(26-14)19-6-4-3-5-18(19)25-20(28)13-24-21(29)23-12-16-7-9-17(22)10-8-16/h3-11H,12-13H2,1-2H3,(H,25,28)(H2,23,24,29). The highest BCUT2D eigenvalue weighted by molar-refractivity contribution is 5.95.